The molecule has 0 bridgehead atoms. The van der Waals surface area contributed by atoms with Crippen LogP contribution < -0.4 is 5.73 Å². The van der Waals surface area contributed by atoms with Gasteiger partial charge in [0.25, 0.3) is 5.91 Å². The predicted octanol–water partition coefficient (Wildman–Crippen LogP) is 2.10. The van der Waals surface area contributed by atoms with Crippen LogP contribution in [-0.2, 0) is 0 Å². The van der Waals surface area contributed by atoms with Crippen molar-refractivity contribution < 1.29 is 4.79 Å². The van der Waals surface area contributed by atoms with Crippen molar-refractivity contribution in [2.45, 2.75) is 19.4 Å². The van der Waals surface area contributed by atoms with E-state index >= 15 is 0 Å². The molecule has 1 aliphatic rings. The Bertz CT molecular complexity index is 404. The summed E-state index contributed by atoms with van der Waals surface area (Å²) in [6, 6.07) is 8.03. The van der Waals surface area contributed by atoms with E-state index < -0.39 is 0 Å². The summed E-state index contributed by atoms with van der Waals surface area (Å²) in [5.74, 6) is 0.586. The van der Waals surface area contributed by atoms with Crippen molar-refractivity contribution in [3.8, 4) is 0 Å². The normalized spacial score (nSPS) is 24.1. The number of hydrogen-bond donors (Lipinski definition) is 1. The fourth-order valence-corrected chi connectivity index (χ4v) is 2.71. The third-order valence-corrected chi connectivity index (χ3v) is 4.07. The maximum atomic E-state index is 12.3. The first-order chi connectivity index (χ1) is 8.11. The maximum absolute atomic E-state index is 12.3. The molecule has 3 nitrogen and oxygen atoms in total. The minimum absolute atomic E-state index is 0.129. The second kappa shape index (κ2) is 5.35. The molecule has 1 saturated heterocycles. The zero-order valence-electron chi connectivity index (χ0n) is 9.90. The number of halogens is 1. The molecule has 0 radical (unpaired) electrons. The summed E-state index contributed by atoms with van der Waals surface area (Å²) >= 11 is 2.24. The van der Waals surface area contributed by atoms with Gasteiger partial charge in [-0.25, -0.2) is 0 Å². The molecule has 0 saturated carbocycles. The number of rotatable bonds is 2. The van der Waals surface area contributed by atoms with E-state index in [-0.39, 0.29) is 5.91 Å². The highest BCUT2D eigenvalue weighted by Crippen LogP contribution is 2.24. The van der Waals surface area contributed by atoms with Gasteiger partial charge in [0, 0.05) is 21.7 Å². The molecule has 0 aromatic heterocycles. The van der Waals surface area contributed by atoms with Crippen LogP contribution in [0.5, 0.6) is 0 Å². The molecule has 17 heavy (non-hydrogen) atoms. The largest absolute Gasteiger partial charge is 0.336 e. The fourth-order valence-electron chi connectivity index (χ4n) is 2.35. The first kappa shape index (κ1) is 12.8. The average molecular weight is 344 g/mol. The quantitative estimate of drug-likeness (QED) is 0.836. The highest BCUT2D eigenvalue weighted by Gasteiger charge is 2.31. The molecule has 1 aliphatic heterocycles. The van der Waals surface area contributed by atoms with Gasteiger partial charge in [-0.15, -0.1) is 0 Å². The van der Waals surface area contributed by atoms with Crippen LogP contribution in [0.4, 0.5) is 0 Å². The molecule has 92 valence electrons. The van der Waals surface area contributed by atoms with Crippen LogP contribution in [-0.4, -0.2) is 29.9 Å². The molecular formula is C13H17IN2O. The van der Waals surface area contributed by atoms with E-state index in [2.05, 4.69) is 29.5 Å². The van der Waals surface area contributed by atoms with Crippen molar-refractivity contribution in [2.75, 3.05) is 13.1 Å². The van der Waals surface area contributed by atoms with Crippen molar-refractivity contribution in [1.29, 1.82) is 0 Å². The van der Waals surface area contributed by atoms with Gasteiger partial charge in [-0.2, -0.15) is 0 Å². The first-order valence-electron chi connectivity index (χ1n) is 5.88. The summed E-state index contributed by atoms with van der Waals surface area (Å²) in [4.78, 5) is 14.3. The lowest BCUT2D eigenvalue weighted by molar-refractivity contribution is 0.0743. The van der Waals surface area contributed by atoms with E-state index in [0.717, 1.165) is 22.1 Å². The first-order valence-corrected chi connectivity index (χ1v) is 6.96. The van der Waals surface area contributed by atoms with E-state index in [9.17, 15) is 4.79 Å². The Labute approximate surface area is 116 Å². The lowest BCUT2D eigenvalue weighted by atomic mass is 10.1. The van der Waals surface area contributed by atoms with Gasteiger partial charge in [0.05, 0.1) is 0 Å². The second-order valence-corrected chi connectivity index (χ2v) is 5.90. The summed E-state index contributed by atoms with van der Waals surface area (Å²) in [5.41, 5.74) is 6.45. The van der Waals surface area contributed by atoms with Crippen LogP contribution in [0.3, 0.4) is 0 Å². The van der Waals surface area contributed by atoms with E-state index in [1.165, 1.54) is 0 Å². The number of amides is 1. The summed E-state index contributed by atoms with van der Waals surface area (Å²) in [7, 11) is 0. The van der Waals surface area contributed by atoms with Crippen molar-refractivity contribution >= 4 is 28.5 Å². The molecule has 1 aromatic rings. The van der Waals surface area contributed by atoms with E-state index in [4.69, 9.17) is 5.73 Å². The maximum Gasteiger partial charge on any atom is 0.254 e. The molecular weight excluding hydrogens is 327 g/mol. The third-order valence-electron chi connectivity index (χ3n) is 3.35. The van der Waals surface area contributed by atoms with Gasteiger partial charge in [-0.1, -0.05) is 0 Å². The Kier molecular flexibility index (Phi) is 4.04. The summed E-state index contributed by atoms with van der Waals surface area (Å²) in [5, 5.41) is 0. The molecule has 2 atom stereocenters. The third kappa shape index (κ3) is 2.80. The Morgan fingerprint density at radius 2 is 2.12 bits per heavy atom. The molecule has 2 unspecified atom stereocenters. The van der Waals surface area contributed by atoms with E-state index in [0.29, 0.717) is 18.5 Å². The molecule has 2 rings (SSSR count). The Morgan fingerprint density at radius 1 is 1.47 bits per heavy atom. The van der Waals surface area contributed by atoms with Crippen molar-refractivity contribution in [3.05, 3.63) is 33.4 Å². The zero-order chi connectivity index (χ0) is 12.4. The highest BCUT2D eigenvalue weighted by atomic mass is 127. The number of hydrogen-bond acceptors (Lipinski definition) is 2. The summed E-state index contributed by atoms with van der Waals surface area (Å²) in [6.07, 6.45) is 1.02. The monoisotopic (exact) mass is 344 g/mol. The van der Waals surface area contributed by atoms with Gasteiger partial charge < -0.3 is 10.6 Å². The van der Waals surface area contributed by atoms with Gasteiger partial charge in [-0.3, -0.25) is 4.79 Å². The second-order valence-electron chi connectivity index (χ2n) is 4.65. The smallest absolute Gasteiger partial charge is 0.254 e. The highest BCUT2D eigenvalue weighted by molar-refractivity contribution is 14.1. The van der Waals surface area contributed by atoms with Gasteiger partial charge in [-0.05, 0) is 72.7 Å². The number of carbonyl (C=O) groups excluding carboxylic acids is 1. The minimum atomic E-state index is 0.129. The Morgan fingerprint density at radius 3 is 2.65 bits per heavy atom. The van der Waals surface area contributed by atoms with Crippen molar-refractivity contribution in [1.82, 2.24) is 4.90 Å². The molecule has 1 amide bonds. The van der Waals surface area contributed by atoms with E-state index in [1.807, 2.05) is 29.2 Å². The molecule has 1 fully saturated rings. The SMILES string of the molecule is CC1CC(CN)CN1C(=O)c1ccc(I)cc1. The van der Waals surface area contributed by atoms with Crippen molar-refractivity contribution in [2.24, 2.45) is 11.7 Å². The predicted molar refractivity (Wildman–Crippen MR) is 76.8 cm³/mol. The average Bonchev–Trinajstić information content (AvgIpc) is 2.71. The van der Waals surface area contributed by atoms with Crippen molar-refractivity contribution in [3.63, 3.8) is 0 Å². The van der Waals surface area contributed by atoms with Crippen LogP contribution in [0, 0.1) is 9.49 Å². The number of carbonyl (C=O) groups is 1. The molecule has 4 heteroatoms. The van der Waals surface area contributed by atoms with Crippen LogP contribution in [0.1, 0.15) is 23.7 Å². The van der Waals surface area contributed by atoms with Gasteiger partial charge in [0.2, 0.25) is 0 Å². The molecule has 1 aromatic carbocycles. The number of likely N-dealkylation sites (tertiary alicyclic amines) is 1. The molecule has 0 spiro atoms. The lowest BCUT2D eigenvalue weighted by Crippen LogP contribution is -2.34. The van der Waals surface area contributed by atoms with Crippen LogP contribution in [0.15, 0.2) is 24.3 Å². The minimum Gasteiger partial charge on any atom is -0.336 e. The fraction of sp³-hybridized carbons (Fsp3) is 0.462. The van der Waals surface area contributed by atoms with Gasteiger partial charge in [0.15, 0.2) is 0 Å². The van der Waals surface area contributed by atoms with Gasteiger partial charge >= 0.3 is 0 Å². The van der Waals surface area contributed by atoms with Crippen LogP contribution in [0.2, 0.25) is 0 Å². The standard InChI is InChI=1S/C13H17IN2O/c1-9-6-10(7-15)8-16(9)13(17)11-2-4-12(14)5-3-11/h2-5,9-10H,6-8,15H2,1H3. The topological polar surface area (TPSA) is 46.3 Å². The van der Waals surface area contributed by atoms with Crippen LogP contribution >= 0.6 is 22.6 Å². The summed E-state index contributed by atoms with van der Waals surface area (Å²) in [6.45, 7) is 3.56. The number of nitrogens with zero attached hydrogens (tertiary/aromatic N) is 1. The molecule has 1 heterocycles. The molecule has 2 N–H and O–H groups in total. The number of nitrogens with two attached hydrogens (primary N) is 1. The Hall–Kier alpha value is -0.620. The lowest BCUT2D eigenvalue weighted by Gasteiger charge is -2.21. The molecule has 0 aliphatic carbocycles. The zero-order valence-corrected chi connectivity index (χ0v) is 12.1. The number of benzene rings is 1. The Balaban J connectivity index is 2.12. The van der Waals surface area contributed by atoms with Crippen LogP contribution in [0.25, 0.3) is 0 Å². The van der Waals surface area contributed by atoms with E-state index in [1.54, 1.807) is 0 Å². The van der Waals surface area contributed by atoms with Gasteiger partial charge in [0.1, 0.15) is 0 Å². The summed E-state index contributed by atoms with van der Waals surface area (Å²) < 4.78 is 1.15.